The Hall–Kier alpha value is -3.07. The fraction of sp³-hybridized carbons (Fsp3) is 0.424. The van der Waals surface area contributed by atoms with Crippen LogP contribution in [0.4, 0.5) is 0 Å². The molecular weight excluding hydrogens is 438 g/mol. The molecular formula is C33H40N3+. The van der Waals surface area contributed by atoms with Crippen molar-refractivity contribution >= 4 is 43.9 Å². The maximum atomic E-state index is 2.65. The summed E-state index contributed by atoms with van der Waals surface area (Å²) in [5, 5.41) is 2.89. The number of aryl methyl sites for hydroxylation is 3. The smallest absolute Gasteiger partial charge is 0.215 e. The summed E-state index contributed by atoms with van der Waals surface area (Å²) < 4.78 is 7.83. The lowest BCUT2D eigenvalue weighted by molar-refractivity contribution is -0.645. The van der Waals surface area contributed by atoms with Crippen molar-refractivity contribution in [2.24, 2.45) is 0 Å². The van der Waals surface area contributed by atoms with Gasteiger partial charge in [-0.25, -0.2) is 0 Å². The van der Waals surface area contributed by atoms with Crippen LogP contribution in [0.2, 0.25) is 0 Å². The maximum Gasteiger partial charge on any atom is 0.215 e. The molecule has 0 aliphatic carbocycles. The minimum absolute atomic E-state index is 1.04. The van der Waals surface area contributed by atoms with Crippen LogP contribution in [0.1, 0.15) is 72.1 Å². The molecule has 2 aliphatic heterocycles. The van der Waals surface area contributed by atoms with Gasteiger partial charge in [0.05, 0.1) is 32.8 Å². The lowest BCUT2D eigenvalue weighted by Crippen LogP contribution is -2.36. The highest BCUT2D eigenvalue weighted by Crippen LogP contribution is 2.47. The van der Waals surface area contributed by atoms with E-state index in [2.05, 4.69) is 89.1 Å². The molecule has 0 atom stereocenters. The number of hydrogen-bond acceptors (Lipinski definition) is 0. The van der Waals surface area contributed by atoms with Crippen molar-refractivity contribution in [3.8, 4) is 11.1 Å². The predicted molar refractivity (Wildman–Crippen MR) is 154 cm³/mol. The Labute approximate surface area is 215 Å². The average Bonchev–Trinajstić information content (AvgIpc) is 2.91. The van der Waals surface area contributed by atoms with E-state index in [1.807, 2.05) is 0 Å². The molecule has 0 amide bonds. The van der Waals surface area contributed by atoms with Gasteiger partial charge in [0.1, 0.15) is 6.54 Å². The van der Waals surface area contributed by atoms with Gasteiger partial charge in [-0.05, 0) is 37.1 Å². The molecule has 3 heteroatoms. The fourth-order valence-corrected chi connectivity index (χ4v) is 6.69. The van der Waals surface area contributed by atoms with Crippen molar-refractivity contribution in [3.05, 3.63) is 54.6 Å². The highest BCUT2D eigenvalue weighted by Gasteiger charge is 2.31. The van der Waals surface area contributed by atoms with Gasteiger partial charge < -0.3 is 9.13 Å². The number of pyridine rings is 3. The van der Waals surface area contributed by atoms with Gasteiger partial charge in [0.2, 0.25) is 11.0 Å². The van der Waals surface area contributed by atoms with Crippen molar-refractivity contribution in [3.63, 3.8) is 0 Å². The molecule has 1 aromatic heterocycles. The van der Waals surface area contributed by atoms with Gasteiger partial charge in [-0.1, -0.05) is 71.1 Å². The number of aromatic nitrogens is 3. The van der Waals surface area contributed by atoms with Crippen LogP contribution in [0.25, 0.3) is 55.0 Å². The molecule has 6 rings (SSSR count). The van der Waals surface area contributed by atoms with Crippen LogP contribution in [0, 0.1) is 0 Å². The zero-order valence-corrected chi connectivity index (χ0v) is 22.3. The zero-order chi connectivity index (χ0) is 24.6. The highest BCUT2D eigenvalue weighted by atomic mass is 15.0. The standard InChI is InChI=1S/C33H40N3/c1-4-7-8-9-10-11-23-36-28-19-13-17-26-31(28)33-30-24(34(26)21-5-2)15-12-16-25(30)35(22-6-3)27-18-14-20-29(36)32(27)33/h12-20H,4-11,21-23H2,1-3H3/q+1. The molecule has 186 valence electrons. The van der Waals surface area contributed by atoms with Crippen LogP contribution < -0.4 is 4.57 Å². The second-order valence-corrected chi connectivity index (χ2v) is 10.6. The van der Waals surface area contributed by atoms with E-state index < -0.39 is 0 Å². The molecule has 36 heavy (non-hydrogen) atoms. The van der Waals surface area contributed by atoms with E-state index in [0.717, 1.165) is 32.5 Å². The summed E-state index contributed by atoms with van der Waals surface area (Å²) in [5.41, 5.74) is 11.2. The molecule has 0 bridgehead atoms. The van der Waals surface area contributed by atoms with Gasteiger partial charge in [-0.2, -0.15) is 4.57 Å². The van der Waals surface area contributed by atoms with Gasteiger partial charge in [-0.15, -0.1) is 0 Å². The Morgan fingerprint density at radius 1 is 0.528 bits per heavy atom. The number of unbranched alkanes of at least 4 members (excludes halogenated alkanes) is 5. The van der Waals surface area contributed by atoms with Crippen LogP contribution in [0.5, 0.6) is 0 Å². The molecule has 4 aromatic rings. The molecule has 2 aliphatic rings. The first-order chi connectivity index (χ1) is 17.8. The highest BCUT2D eigenvalue weighted by molar-refractivity contribution is 6.24. The van der Waals surface area contributed by atoms with Crippen LogP contribution >= 0.6 is 0 Å². The second kappa shape index (κ2) is 9.76. The summed E-state index contributed by atoms with van der Waals surface area (Å²) in [6, 6.07) is 21.0. The van der Waals surface area contributed by atoms with Crippen LogP contribution in [0.3, 0.4) is 0 Å². The van der Waals surface area contributed by atoms with Crippen molar-refractivity contribution in [2.75, 3.05) is 0 Å². The number of nitrogens with zero attached hydrogens (tertiary/aromatic N) is 3. The molecule has 0 saturated carbocycles. The van der Waals surface area contributed by atoms with Gasteiger partial charge >= 0.3 is 0 Å². The van der Waals surface area contributed by atoms with E-state index in [1.54, 1.807) is 0 Å². The third-order valence-corrected chi connectivity index (χ3v) is 8.19. The molecule has 0 saturated heterocycles. The first-order valence-corrected chi connectivity index (χ1v) is 14.4. The first-order valence-electron chi connectivity index (χ1n) is 14.4. The molecule has 0 fully saturated rings. The molecule has 0 radical (unpaired) electrons. The molecule has 0 N–H and O–H groups in total. The van der Waals surface area contributed by atoms with Gasteiger partial charge in [-0.3, -0.25) is 0 Å². The molecule has 3 heterocycles. The lowest BCUT2D eigenvalue weighted by atomic mass is 9.89. The van der Waals surface area contributed by atoms with E-state index in [9.17, 15) is 0 Å². The molecule has 0 unspecified atom stereocenters. The Morgan fingerprint density at radius 3 is 1.69 bits per heavy atom. The van der Waals surface area contributed by atoms with Crippen molar-refractivity contribution in [1.29, 1.82) is 0 Å². The fourth-order valence-electron chi connectivity index (χ4n) is 6.69. The topological polar surface area (TPSA) is 13.7 Å². The summed E-state index contributed by atoms with van der Waals surface area (Å²) in [4.78, 5) is 0. The normalized spacial score (nSPS) is 12.4. The molecule has 3 nitrogen and oxygen atoms in total. The molecule has 0 spiro atoms. The van der Waals surface area contributed by atoms with E-state index in [4.69, 9.17) is 0 Å². The third kappa shape index (κ3) is 3.50. The monoisotopic (exact) mass is 478 g/mol. The summed E-state index contributed by atoms with van der Waals surface area (Å²) in [6.45, 7) is 10.1. The van der Waals surface area contributed by atoms with E-state index in [-0.39, 0.29) is 0 Å². The Morgan fingerprint density at radius 2 is 1.08 bits per heavy atom. The van der Waals surface area contributed by atoms with Gasteiger partial charge in [0.15, 0.2) is 0 Å². The van der Waals surface area contributed by atoms with Crippen molar-refractivity contribution < 1.29 is 4.57 Å². The molecule has 3 aromatic carbocycles. The SMILES string of the molecule is CCCCCCCCn1c2cccc3c2-c2c4c(cccc4[n+](CCC)c4cccc1c24)n3CCC. The number of benzene rings is 3. The number of hydrogen-bond donors (Lipinski definition) is 0. The van der Waals surface area contributed by atoms with Gasteiger partial charge in [0.25, 0.3) is 0 Å². The van der Waals surface area contributed by atoms with Crippen LogP contribution in [-0.2, 0) is 19.6 Å². The third-order valence-electron chi connectivity index (χ3n) is 8.19. The van der Waals surface area contributed by atoms with Crippen molar-refractivity contribution in [2.45, 2.75) is 91.8 Å². The minimum Gasteiger partial charge on any atom is -0.340 e. The summed E-state index contributed by atoms with van der Waals surface area (Å²) >= 11 is 0. The Kier molecular flexibility index (Phi) is 6.33. The summed E-state index contributed by atoms with van der Waals surface area (Å²) in [7, 11) is 0. The van der Waals surface area contributed by atoms with Crippen molar-refractivity contribution in [1.82, 2.24) is 9.13 Å². The van der Waals surface area contributed by atoms with E-state index in [0.29, 0.717) is 0 Å². The van der Waals surface area contributed by atoms with E-state index in [1.165, 1.54) is 93.5 Å². The number of rotatable bonds is 11. The predicted octanol–water partition coefficient (Wildman–Crippen LogP) is 8.91. The maximum absolute atomic E-state index is 2.65. The Balaban J connectivity index is 1.70. The van der Waals surface area contributed by atoms with Crippen LogP contribution in [0.15, 0.2) is 54.6 Å². The second-order valence-electron chi connectivity index (χ2n) is 10.6. The summed E-state index contributed by atoms with van der Waals surface area (Å²) in [5.74, 6) is 0. The van der Waals surface area contributed by atoms with Gasteiger partial charge in [0, 0.05) is 42.8 Å². The quantitative estimate of drug-likeness (QED) is 0.0763. The average molecular weight is 479 g/mol. The minimum atomic E-state index is 1.04. The zero-order valence-electron chi connectivity index (χ0n) is 22.3. The lowest BCUT2D eigenvalue weighted by Gasteiger charge is -2.28. The summed E-state index contributed by atoms with van der Waals surface area (Å²) in [6.07, 6.45) is 10.2. The van der Waals surface area contributed by atoms with E-state index >= 15 is 0 Å². The van der Waals surface area contributed by atoms with Crippen LogP contribution in [-0.4, -0.2) is 9.13 Å². The Bertz CT molecular complexity index is 1600. The largest absolute Gasteiger partial charge is 0.340 e. The first kappa shape index (κ1) is 23.3.